The average Bonchev–Trinajstić information content (AvgIpc) is 3.07. The number of aryl methyl sites for hydroxylation is 1. The van der Waals surface area contributed by atoms with E-state index in [0.29, 0.717) is 0 Å². The number of nitrogens with zero attached hydrogens (tertiary/aromatic N) is 2. The summed E-state index contributed by atoms with van der Waals surface area (Å²) in [4.78, 5) is 18.8. The predicted octanol–water partition coefficient (Wildman–Crippen LogP) is 3.01. The third-order valence-electron chi connectivity index (χ3n) is 4.35. The van der Waals surface area contributed by atoms with Crippen molar-refractivity contribution in [2.45, 2.75) is 19.3 Å². The van der Waals surface area contributed by atoms with Crippen LogP contribution in [0.15, 0.2) is 42.6 Å². The Balaban J connectivity index is 1.54. The van der Waals surface area contributed by atoms with E-state index in [0.717, 1.165) is 55.1 Å². The molecule has 1 amide bonds. The molecule has 116 valence electrons. The average molecular weight is 306 g/mol. The largest absolute Gasteiger partial charge is 0.493 e. The predicted molar refractivity (Wildman–Crippen MR) is 89.6 cm³/mol. The number of carbonyl (C=O) groups is 1. The van der Waals surface area contributed by atoms with Gasteiger partial charge in [-0.2, -0.15) is 0 Å². The molecule has 1 aromatic heterocycles. The molecule has 0 unspecified atom stereocenters. The molecule has 0 saturated heterocycles. The highest BCUT2D eigenvalue weighted by Gasteiger charge is 2.21. The topological polar surface area (TPSA) is 42.4 Å². The maximum atomic E-state index is 12.6. The number of ether oxygens (including phenoxy) is 1. The molecule has 0 saturated carbocycles. The van der Waals surface area contributed by atoms with Crippen molar-refractivity contribution >= 4 is 17.7 Å². The van der Waals surface area contributed by atoms with Crippen molar-refractivity contribution in [3.8, 4) is 5.75 Å². The van der Waals surface area contributed by atoms with Crippen molar-refractivity contribution in [3.05, 3.63) is 59.4 Å². The standard InChI is InChI=1S/C19H18N2O2/c22-19(21-11-2-3-16-17(21)4-1-10-20-16)8-6-14-5-7-18-15(13-14)9-12-23-18/h1,4-8,10,13H,2-3,9,11-12H2/b8-6+. The van der Waals surface area contributed by atoms with Gasteiger partial charge in [-0.25, -0.2) is 0 Å². The highest BCUT2D eigenvalue weighted by atomic mass is 16.5. The summed E-state index contributed by atoms with van der Waals surface area (Å²) < 4.78 is 5.51. The van der Waals surface area contributed by atoms with E-state index in [2.05, 4.69) is 11.1 Å². The monoisotopic (exact) mass is 306 g/mol. The third kappa shape index (κ3) is 2.72. The molecule has 0 bridgehead atoms. The molecule has 2 aliphatic heterocycles. The summed E-state index contributed by atoms with van der Waals surface area (Å²) >= 11 is 0. The number of fused-ring (bicyclic) bond motifs is 2. The Labute approximate surface area is 135 Å². The number of benzene rings is 1. The summed E-state index contributed by atoms with van der Waals surface area (Å²) in [6, 6.07) is 9.92. The van der Waals surface area contributed by atoms with Crippen LogP contribution in [0.4, 0.5) is 5.69 Å². The molecule has 4 heteroatoms. The Hall–Kier alpha value is -2.62. The van der Waals surface area contributed by atoms with E-state index in [9.17, 15) is 4.79 Å². The fourth-order valence-corrected chi connectivity index (χ4v) is 3.19. The van der Waals surface area contributed by atoms with Gasteiger partial charge < -0.3 is 9.64 Å². The fraction of sp³-hybridized carbons (Fsp3) is 0.263. The highest BCUT2D eigenvalue weighted by molar-refractivity contribution is 6.04. The van der Waals surface area contributed by atoms with E-state index in [4.69, 9.17) is 4.74 Å². The van der Waals surface area contributed by atoms with E-state index in [1.165, 1.54) is 5.56 Å². The van der Waals surface area contributed by atoms with Gasteiger partial charge in [0.2, 0.25) is 0 Å². The molecule has 0 spiro atoms. The van der Waals surface area contributed by atoms with E-state index >= 15 is 0 Å². The minimum absolute atomic E-state index is 0.00991. The molecule has 4 nitrogen and oxygen atoms in total. The molecule has 23 heavy (non-hydrogen) atoms. The van der Waals surface area contributed by atoms with Crippen molar-refractivity contribution in [1.82, 2.24) is 4.98 Å². The Morgan fingerprint density at radius 1 is 1.26 bits per heavy atom. The Morgan fingerprint density at radius 3 is 3.17 bits per heavy atom. The van der Waals surface area contributed by atoms with Gasteiger partial charge in [0.05, 0.1) is 18.0 Å². The maximum Gasteiger partial charge on any atom is 0.251 e. The number of hydrogen-bond acceptors (Lipinski definition) is 3. The van der Waals surface area contributed by atoms with Crippen molar-refractivity contribution in [1.29, 1.82) is 0 Å². The second-order valence-corrected chi connectivity index (χ2v) is 5.86. The molecule has 1 aromatic carbocycles. The minimum atomic E-state index is 0.00991. The van der Waals surface area contributed by atoms with Crippen LogP contribution in [0.3, 0.4) is 0 Å². The lowest BCUT2D eigenvalue weighted by Crippen LogP contribution is -2.34. The van der Waals surface area contributed by atoms with Gasteiger partial charge in [0.15, 0.2) is 0 Å². The van der Waals surface area contributed by atoms with Gasteiger partial charge in [0.25, 0.3) is 5.91 Å². The summed E-state index contributed by atoms with van der Waals surface area (Å²) in [7, 11) is 0. The van der Waals surface area contributed by atoms with Crippen molar-refractivity contribution in [2.24, 2.45) is 0 Å². The maximum absolute atomic E-state index is 12.6. The number of rotatable bonds is 2. The zero-order chi connectivity index (χ0) is 15.6. The summed E-state index contributed by atoms with van der Waals surface area (Å²) in [6.07, 6.45) is 8.16. The van der Waals surface area contributed by atoms with Crippen LogP contribution in [0.25, 0.3) is 6.08 Å². The zero-order valence-corrected chi connectivity index (χ0v) is 12.9. The summed E-state index contributed by atoms with van der Waals surface area (Å²) in [5.74, 6) is 0.972. The molecular formula is C19H18N2O2. The molecule has 0 aliphatic carbocycles. The summed E-state index contributed by atoms with van der Waals surface area (Å²) in [5, 5.41) is 0. The Bertz CT molecular complexity index is 783. The fourth-order valence-electron chi connectivity index (χ4n) is 3.19. The second-order valence-electron chi connectivity index (χ2n) is 5.86. The van der Waals surface area contributed by atoms with Gasteiger partial charge >= 0.3 is 0 Å². The second kappa shape index (κ2) is 5.88. The molecule has 0 fully saturated rings. The van der Waals surface area contributed by atoms with Gasteiger partial charge in [-0.3, -0.25) is 9.78 Å². The van der Waals surface area contributed by atoms with Gasteiger partial charge in [-0.05, 0) is 54.3 Å². The van der Waals surface area contributed by atoms with Crippen LogP contribution in [0.1, 0.15) is 23.2 Å². The SMILES string of the molecule is O=C(/C=C/c1ccc2c(c1)CCO2)N1CCCc2ncccc21. The summed E-state index contributed by atoms with van der Waals surface area (Å²) in [6.45, 7) is 1.50. The number of pyridine rings is 1. The van der Waals surface area contributed by atoms with Crippen molar-refractivity contribution in [2.75, 3.05) is 18.1 Å². The first-order valence-corrected chi connectivity index (χ1v) is 8.00. The smallest absolute Gasteiger partial charge is 0.251 e. The lowest BCUT2D eigenvalue weighted by Gasteiger charge is -2.27. The Morgan fingerprint density at radius 2 is 2.22 bits per heavy atom. The normalized spacial score (nSPS) is 16.1. The third-order valence-corrected chi connectivity index (χ3v) is 4.35. The molecular weight excluding hydrogens is 288 g/mol. The lowest BCUT2D eigenvalue weighted by molar-refractivity contribution is -0.114. The van der Waals surface area contributed by atoms with E-state index in [-0.39, 0.29) is 5.91 Å². The van der Waals surface area contributed by atoms with Gasteiger partial charge in [-0.1, -0.05) is 6.07 Å². The quantitative estimate of drug-likeness (QED) is 0.801. The van der Waals surface area contributed by atoms with E-state index < -0.39 is 0 Å². The number of hydrogen-bond donors (Lipinski definition) is 0. The first kappa shape index (κ1) is 14.0. The van der Waals surface area contributed by atoms with Crippen molar-refractivity contribution < 1.29 is 9.53 Å². The van der Waals surface area contributed by atoms with Crippen LogP contribution in [0, 0.1) is 0 Å². The molecule has 2 aliphatic rings. The van der Waals surface area contributed by atoms with Crippen LogP contribution < -0.4 is 9.64 Å². The highest BCUT2D eigenvalue weighted by Crippen LogP contribution is 2.27. The molecule has 4 rings (SSSR count). The summed E-state index contributed by atoms with van der Waals surface area (Å²) in [5.41, 5.74) is 4.20. The van der Waals surface area contributed by atoms with Gasteiger partial charge in [0, 0.05) is 25.2 Å². The van der Waals surface area contributed by atoms with Crippen LogP contribution >= 0.6 is 0 Å². The van der Waals surface area contributed by atoms with Gasteiger partial charge in [-0.15, -0.1) is 0 Å². The number of amides is 1. The van der Waals surface area contributed by atoms with E-state index in [1.54, 1.807) is 12.3 Å². The first-order chi connectivity index (χ1) is 11.3. The van der Waals surface area contributed by atoms with Crippen molar-refractivity contribution in [3.63, 3.8) is 0 Å². The minimum Gasteiger partial charge on any atom is -0.493 e. The lowest BCUT2D eigenvalue weighted by atomic mass is 10.1. The number of aromatic nitrogens is 1. The number of carbonyl (C=O) groups excluding carboxylic acids is 1. The molecule has 3 heterocycles. The molecule has 2 aromatic rings. The molecule has 0 radical (unpaired) electrons. The molecule has 0 atom stereocenters. The van der Waals surface area contributed by atoms with Crippen LogP contribution in [-0.4, -0.2) is 24.0 Å². The molecule has 0 N–H and O–H groups in total. The van der Waals surface area contributed by atoms with Crippen LogP contribution in [-0.2, 0) is 17.6 Å². The van der Waals surface area contributed by atoms with Gasteiger partial charge in [0.1, 0.15) is 5.75 Å². The first-order valence-electron chi connectivity index (χ1n) is 8.00. The van der Waals surface area contributed by atoms with Crippen LogP contribution in [0.5, 0.6) is 5.75 Å². The number of anilines is 1. The van der Waals surface area contributed by atoms with Crippen LogP contribution in [0.2, 0.25) is 0 Å². The van der Waals surface area contributed by atoms with E-state index in [1.807, 2.05) is 35.2 Å². The Kier molecular flexibility index (Phi) is 3.58. The zero-order valence-electron chi connectivity index (χ0n) is 12.9.